The molecule has 160 valence electrons. The molecule has 2 atom stereocenters. The molecule has 2 heterocycles. The second-order valence-corrected chi connectivity index (χ2v) is 10.9. The molecule has 4 rings (SSSR count). The van der Waals surface area contributed by atoms with Gasteiger partial charge in [-0.2, -0.15) is 0 Å². The molecule has 0 bridgehead atoms. The van der Waals surface area contributed by atoms with Crippen LogP contribution in [0, 0.1) is 5.92 Å². The molecule has 1 aliphatic carbocycles. The molecule has 0 spiro atoms. The molecule has 3 aliphatic rings. The van der Waals surface area contributed by atoms with Gasteiger partial charge in [-0.3, -0.25) is 9.89 Å². The van der Waals surface area contributed by atoms with Crippen molar-refractivity contribution in [2.24, 2.45) is 10.9 Å². The molecule has 29 heavy (non-hydrogen) atoms. The average molecular weight is 419 g/mol. The first-order valence-corrected chi connectivity index (χ1v) is 12.5. The van der Waals surface area contributed by atoms with E-state index in [-0.39, 0.29) is 0 Å². The van der Waals surface area contributed by atoms with Gasteiger partial charge in [-0.15, -0.1) is 0 Å². The summed E-state index contributed by atoms with van der Waals surface area (Å²) < 4.78 is 28.1. The number of nitrogens with zero attached hydrogens (tertiary/aromatic N) is 4. The molecule has 1 saturated carbocycles. The van der Waals surface area contributed by atoms with Gasteiger partial charge >= 0.3 is 0 Å². The fraction of sp³-hybridized carbons (Fsp3) is 0.682. The molecule has 1 aromatic rings. The second-order valence-electron chi connectivity index (χ2n) is 9.08. The number of benzene rings is 1. The Kier molecular flexibility index (Phi) is 5.89. The predicted octanol–water partition coefficient (Wildman–Crippen LogP) is 2.98. The van der Waals surface area contributed by atoms with E-state index in [0.717, 1.165) is 37.7 Å². The van der Waals surface area contributed by atoms with Crippen molar-refractivity contribution in [3.8, 4) is 0 Å². The van der Waals surface area contributed by atoms with E-state index >= 15 is 0 Å². The number of hydrogen-bond donors (Lipinski definition) is 0. The summed E-state index contributed by atoms with van der Waals surface area (Å²) in [6.07, 6.45) is 3.93. The lowest BCUT2D eigenvalue weighted by Crippen LogP contribution is -2.55. The topological polar surface area (TPSA) is 56.2 Å². The van der Waals surface area contributed by atoms with E-state index in [1.54, 1.807) is 12.1 Å². The third-order valence-electron chi connectivity index (χ3n) is 6.69. The molecule has 2 fully saturated rings. The number of sulfonamides is 1. The van der Waals surface area contributed by atoms with E-state index < -0.39 is 10.0 Å². The van der Waals surface area contributed by atoms with Gasteiger partial charge in [0.05, 0.1) is 18.0 Å². The summed E-state index contributed by atoms with van der Waals surface area (Å²) in [5.41, 5.74) is 1.15. The van der Waals surface area contributed by atoms with Gasteiger partial charge in [0.15, 0.2) is 0 Å². The smallest absolute Gasteiger partial charge is 0.266 e. The number of rotatable bonds is 4. The SMILES string of the molecule is CC1CCC(N2CCN(C3=NCCN3S(=O)(=O)c3ccc(C(C)C)cc3)CC2)C1. The van der Waals surface area contributed by atoms with Gasteiger partial charge in [-0.25, -0.2) is 12.7 Å². The van der Waals surface area contributed by atoms with Gasteiger partial charge in [0.1, 0.15) is 0 Å². The molecule has 1 saturated heterocycles. The van der Waals surface area contributed by atoms with Gasteiger partial charge in [-0.1, -0.05) is 32.9 Å². The maximum absolute atomic E-state index is 13.3. The predicted molar refractivity (Wildman–Crippen MR) is 117 cm³/mol. The van der Waals surface area contributed by atoms with Gasteiger partial charge < -0.3 is 4.90 Å². The van der Waals surface area contributed by atoms with Crippen LogP contribution in [-0.2, 0) is 10.0 Å². The Hall–Kier alpha value is -1.60. The Balaban J connectivity index is 1.44. The standard InChI is InChI=1S/C22H34N4O2S/c1-17(2)19-5-8-21(9-6-19)29(27,28)26-11-10-23-22(26)25-14-12-24(13-15-25)20-7-4-18(3)16-20/h5-6,8-9,17-18,20H,4,7,10-16H2,1-3H3. The largest absolute Gasteiger partial charge is 0.339 e. The first-order valence-electron chi connectivity index (χ1n) is 11.0. The van der Waals surface area contributed by atoms with Crippen molar-refractivity contribution in [2.75, 3.05) is 39.3 Å². The Morgan fingerprint density at radius 3 is 2.28 bits per heavy atom. The van der Waals surface area contributed by atoms with Gasteiger partial charge in [0, 0.05) is 32.2 Å². The molecular formula is C22H34N4O2S. The quantitative estimate of drug-likeness (QED) is 0.754. The third kappa shape index (κ3) is 4.17. The van der Waals surface area contributed by atoms with E-state index in [4.69, 9.17) is 0 Å². The zero-order valence-corrected chi connectivity index (χ0v) is 18.7. The lowest BCUT2D eigenvalue weighted by molar-refractivity contribution is 0.128. The lowest BCUT2D eigenvalue weighted by atomic mass is 10.0. The minimum absolute atomic E-state index is 0.357. The number of guanidine groups is 1. The molecule has 2 aliphatic heterocycles. The lowest BCUT2D eigenvalue weighted by Gasteiger charge is -2.40. The highest BCUT2D eigenvalue weighted by atomic mass is 32.2. The van der Waals surface area contributed by atoms with E-state index in [2.05, 4.69) is 35.6 Å². The summed E-state index contributed by atoms with van der Waals surface area (Å²) in [5, 5.41) is 0. The summed E-state index contributed by atoms with van der Waals surface area (Å²) in [7, 11) is -3.57. The Labute approximate surface area is 175 Å². The van der Waals surface area contributed by atoms with Crippen LogP contribution in [0.4, 0.5) is 0 Å². The molecular weight excluding hydrogens is 384 g/mol. The zero-order valence-electron chi connectivity index (χ0n) is 17.9. The maximum Gasteiger partial charge on any atom is 0.266 e. The van der Waals surface area contributed by atoms with E-state index in [1.807, 2.05) is 12.1 Å². The van der Waals surface area contributed by atoms with Crippen LogP contribution in [-0.4, -0.2) is 73.8 Å². The molecule has 0 aromatic heterocycles. The fourth-order valence-electron chi connectivity index (χ4n) is 4.85. The monoisotopic (exact) mass is 418 g/mol. The molecule has 0 amide bonds. The van der Waals surface area contributed by atoms with Crippen LogP contribution < -0.4 is 0 Å². The first kappa shape index (κ1) is 20.7. The summed E-state index contributed by atoms with van der Waals surface area (Å²) in [6, 6.07) is 8.02. The number of hydrogen-bond acceptors (Lipinski definition) is 5. The van der Waals surface area contributed by atoms with Gasteiger partial charge in [-0.05, 0) is 48.8 Å². The Morgan fingerprint density at radius 2 is 1.69 bits per heavy atom. The minimum atomic E-state index is -3.57. The molecule has 7 heteroatoms. The zero-order chi connectivity index (χ0) is 20.6. The van der Waals surface area contributed by atoms with Crippen molar-refractivity contribution in [1.82, 2.24) is 14.1 Å². The van der Waals surface area contributed by atoms with Crippen LogP contribution in [0.1, 0.15) is 51.5 Å². The maximum atomic E-state index is 13.3. The Bertz CT molecular complexity index is 842. The summed E-state index contributed by atoms with van der Waals surface area (Å²) in [5.74, 6) is 1.85. The molecule has 2 unspecified atom stereocenters. The van der Waals surface area contributed by atoms with Crippen molar-refractivity contribution in [3.63, 3.8) is 0 Å². The van der Waals surface area contributed by atoms with E-state index in [1.165, 1.54) is 23.6 Å². The minimum Gasteiger partial charge on any atom is -0.339 e. The van der Waals surface area contributed by atoms with Crippen LogP contribution in [0.3, 0.4) is 0 Å². The summed E-state index contributed by atoms with van der Waals surface area (Å²) in [4.78, 5) is 9.71. The van der Waals surface area contributed by atoms with Crippen LogP contribution >= 0.6 is 0 Å². The highest BCUT2D eigenvalue weighted by molar-refractivity contribution is 7.89. The van der Waals surface area contributed by atoms with Crippen LogP contribution in [0.5, 0.6) is 0 Å². The molecule has 1 aromatic carbocycles. The average Bonchev–Trinajstić information content (AvgIpc) is 3.38. The van der Waals surface area contributed by atoms with Crippen LogP contribution in [0.25, 0.3) is 0 Å². The number of piperazine rings is 1. The normalized spacial score (nSPS) is 26.4. The van der Waals surface area contributed by atoms with Gasteiger partial charge in [0.25, 0.3) is 10.0 Å². The molecule has 0 N–H and O–H groups in total. The van der Waals surface area contributed by atoms with Crippen molar-refractivity contribution in [3.05, 3.63) is 29.8 Å². The Morgan fingerprint density at radius 1 is 1.00 bits per heavy atom. The van der Waals surface area contributed by atoms with Crippen molar-refractivity contribution in [2.45, 2.75) is 56.9 Å². The van der Waals surface area contributed by atoms with Crippen LogP contribution in [0.15, 0.2) is 34.2 Å². The first-order chi connectivity index (χ1) is 13.9. The van der Waals surface area contributed by atoms with Crippen molar-refractivity contribution < 1.29 is 8.42 Å². The van der Waals surface area contributed by atoms with Crippen molar-refractivity contribution >= 4 is 16.0 Å². The molecule has 0 radical (unpaired) electrons. The third-order valence-corrected chi connectivity index (χ3v) is 8.49. The van der Waals surface area contributed by atoms with Crippen molar-refractivity contribution in [1.29, 1.82) is 0 Å². The summed E-state index contributed by atoms with van der Waals surface area (Å²) >= 11 is 0. The molecule has 6 nitrogen and oxygen atoms in total. The second kappa shape index (κ2) is 8.26. The number of aliphatic imine (C=N–C) groups is 1. The van der Waals surface area contributed by atoms with E-state index in [9.17, 15) is 8.42 Å². The van der Waals surface area contributed by atoms with Gasteiger partial charge in [0.2, 0.25) is 5.96 Å². The fourth-order valence-corrected chi connectivity index (χ4v) is 6.30. The highest BCUT2D eigenvalue weighted by Gasteiger charge is 2.36. The summed E-state index contributed by atoms with van der Waals surface area (Å²) in [6.45, 7) is 11.2. The van der Waals surface area contributed by atoms with Crippen LogP contribution in [0.2, 0.25) is 0 Å². The van der Waals surface area contributed by atoms with E-state index in [0.29, 0.717) is 35.9 Å². The highest BCUT2D eigenvalue weighted by Crippen LogP contribution is 2.30.